The second-order valence-electron chi connectivity index (χ2n) is 8.17. The van der Waals surface area contributed by atoms with Gasteiger partial charge in [0.05, 0.1) is 12.5 Å². The van der Waals surface area contributed by atoms with Gasteiger partial charge in [-0.15, -0.1) is 0 Å². The molecule has 1 aromatic heterocycles. The van der Waals surface area contributed by atoms with Gasteiger partial charge in [0.1, 0.15) is 17.2 Å². The fraction of sp³-hybridized carbons (Fsp3) is 0.308. The van der Waals surface area contributed by atoms with Crippen molar-refractivity contribution in [3.63, 3.8) is 0 Å². The molecule has 1 saturated heterocycles. The maximum Gasteiger partial charge on any atom is 0.310 e. The second-order valence-corrected chi connectivity index (χ2v) is 8.17. The number of rotatable bonds is 6. The maximum absolute atomic E-state index is 13.6. The standard InChI is InChI=1S/C26H27FN4O3/c1-3-34-26(33)19-8-7-15-31(17-19)25(32)22-16-28-23(18-11-13-20(27)14-12-18)29-24(22)30(2)21-9-5-4-6-10-21/h4-6,9-14,16,19H,3,7-8,15,17H2,1-2H3/t19-/m0/s1. The van der Waals surface area contributed by atoms with Gasteiger partial charge in [-0.05, 0) is 56.2 Å². The van der Waals surface area contributed by atoms with Crippen LogP contribution >= 0.6 is 0 Å². The molecule has 176 valence electrons. The van der Waals surface area contributed by atoms with Crippen molar-refractivity contribution in [1.29, 1.82) is 0 Å². The van der Waals surface area contributed by atoms with E-state index in [4.69, 9.17) is 9.72 Å². The summed E-state index contributed by atoms with van der Waals surface area (Å²) in [5.74, 6) is -0.381. The van der Waals surface area contributed by atoms with Crippen LogP contribution in [-0.2, 0) is 9.53 Å². The minimum Gasteiger partial charge on any atom is -0.466 e. The van der Waals surface area contributed by atoms with E-state index in [1.165, 1.54) is 18.3 Å². The van der Waals surface area contributed by atoms with Crippen LogP contribution in [0, 0.1) is 11.7 Å². The SMILES string of the molecule is CCOC(=O)[C@H]1CCCN(C(=O)c2cnc(-c3ccc(F)cc3)nc2N(C)c2ccccc2)C1. The number of carbonyl (C=O) groups is 2. The Morgan fingerprint density at radius 2 is 1.88 bits per heavy atom. The zero-order valence-electron chi connectivity index (χ0n) is 19.3. The zero-order chi connectivity index (χ0) is 24.1. The van der Waals surface area contributed by atoms with Gasteiger partial charge in [0, 0.05) is 37.6 Å². The van der Waals surface area contributed by atoms with Crippen LogP contribution in [0.4, 0.5) is 15.9 Å². The highest BCUT2D eigenvalue weighted by Gasteiger charge is 2.32. The van der Waals surface area contributed by atoms with Gasteiger partial charge in [-0.25, -0.2) is 14.4 Å². The number of halogens is 1. The Morgan fingerprint density at radius 1 is 1.15 bits per heavy atom. The van der Waals surface area contributed by atoms with Crippen molar-refractivity contribution < 1.29 is 18.7 Å². The first-order chi connectivity index (χ1) is 16.5. The number of amides is 1. The summed E-state index contributed by atoms with van der Waals surface area (Å²) in [6, 6.07) is 15.5. The van der Waals surface area contributed by atoms with Crippen molar-refractivity contribution in [2.75, 3.05) is 31.6 Å². The summed E-state index contributed by atoms with van der Waals surface area (Å²) in [4.78, 5) is 38.5. The number of esters is 1. The van der Waals surface area contributed by atoms with Crippen molar-refractivity contribution in [3.05, 3.63) is 72.2 Å². The van der Waals surface area contributed by atoms with E-state index >= 15 is 0 Å². The van der Waals surface area contributed by atoms with E-state index in [1.807, 2.05) is 42.3 Å². The van der Waals surface area contributed by atoms with Crippen LogP contribution in [-0.4, -0.2) is 53.5 Å². The van der Waals surface area contributed by atoms with E-state index in [0.29, 0.717) is 55.3 Å². The molecule has 0 saturated carbocycles. The zero-order valence-corrected chi connectivity index (χ0v) is 19.3. The molecule has 2 heterocycles. The molecule has 4 rings (SSSR count). The van der Waals surface area contributed by atoms with Gasteiger partial charge in [0.25, 0.3) is 5.91 Å². The molecule has 1 aliphatic heterocycles. The molecule has 7 nitrogen and oxygen atoms in total. The number of aromatic nitrogens is 2. The molecule has 0 unspecified atom stereocenters. The molecule has 0 bridgehead atoms. The summed E-state index contributed by atoms with van der Waals surface area (Å²) in [7, 11) is 1.83. The summed E-state index contributed by atoms with van der Waals surface area (Å²) >= 11 is 0. The lowest BCUT2D eigenvalue weighted by Gasteiger charge is -2.32. The van der Waals surface area contributed by atoms with Crippen molar-refractivity contribution >= 4 is 23.4 Å². The molecule has 0 N–H and O–H groups in total. The molecule has 1 fully saturated rings. The van der Waals surface area contributed by atoms with Gasteiger partial charge in [-0.1, -0.05) is 18.2 Å². The lowest BCUT2D eigenvalue weighted by Crippen LogP contribution is -2.43. The number of anilines is 2. The van der Waals surface area contributed by atoms with Gasteiger partial charge in [0.2, 0.25) is 0 Å². The monoisotopic (exact) mass is 462 g/mol. The summed E-state index contributed by atoms with van der Waals surface area (Å²) in [6.45, 7) is 2.93. The number of para-hydroxylation sites is 1. The number of likely N-dealkylation sites (tertiary alicyclic amines) is 1. The quantitative estimate of drug-likeness (QED) is 0.504. The normalized spacial score (nSPS) is 15.6. The highest BCUT2D eigenvalue weighted by atomic mass is 19.1. The van der Waals surface area contributed by atoms with Crippen molar-refractivity contribution in [1.82, 2.24) is 14.9 Å². The number of ether oxygens (including phenoxy) is 1. The van der Waals surface area contributed by atoms with E-state index < -0.39 is 0 Å². The summed E-state index contributed by atoms with van der Waals surface area (Å²) in [6.07, 6.45) is 2.92. The Hall–Kier alpha value is -3.81. The number of nitrogens with zero attached hydrogens (tertiary/aromatic N) is 4. The molecule has 0 spiro atoms. The number of piperidine rings is 1. The lowest BCUT2D eigenvalue weighted by molar-refractivity contribution is -0.149. The molecule has 34 heavy (non-hydrogen) atoms. The summed E-state index contributed by atoms with van der Waals surface area (Å²) in [5.41, 5.74) is 1.83. The fourth-order valence-electron chi connectivity index (χ4n) is 4.08. The molecule has 3 aromatic rings. The van der Waals surface area contributed by atoms with Crippen LogP contribution in [0.1, 0.15) is 30.1 Å². The van der Waals surface area contributed by atoms with Gasteiger partial charge < -0.3 is 14.5 Å². The molecule has 1 aliphatic rings. The molecule has 1 amide bonds. The molecular weight excluding hydrogens is 435 g/mol. The maximum atomic E-state index is 13.6. The molecule has 8 heteroatoms. The minimum absolute atomic E-state index is 0.238. The van der Waals surface area contributed by atoms with E-state index in [9.17, 15) is 14.0 Å². The predicted molar refractivity (Wildman–Crippen MR) is 127 cm³/mol. The van der Waals surface area contributed by atoms with Crippen molar-refractivity contribution in [2.24, 2.45) is 5.92 Å². The Labute approximate surface area is 198 Å². The first-order valence-corrected chi connectivity index (χ1v) is 11.4. The summed E-state index contributed by atoms with van der Waals surface area (Å²) in [5, 5.41) is 0. The van der Waals surface area contributed by atoms with Crippen molar-refractivity contribution in [3.8, 4) is 11.4 Å². The minimum atomic E-state index is -0.349. The first kappa shape index (κ1) is 23.4. The predicted octanol–water partition coefficient (Wildman–Crippen LogP) is 4.47. The first-order valence-electron chi connectivity index (χ1n) is 11.4. The third kappa shape index (κ3) is 5.06. The second kappa shape index (κ2) is 10.4. The van der Waals surface area contributed by atoms with E-state index in [1.54, 1.807) is 24.0 Å². The average molecular weight is 463 g/mol. The Kier molecular flexibility index (Phi) is 7.15. The third-order valence-electron chi connectivity index (χ3n) is 5.89. The Balaban J connectivity index is 1.70. The Bertz CT molecular complexity index is 1150. The molecular formula is C26H27FN4O3. The molecule has 1 atom stereocenters. The largest absolute Gasteiger partial charge is 0.466 e. The Morgan fingerprint density at radius 3 is 2.59 bits per heavy atom. The smallest absolute Gasteiger partial charge is 0.310 e. The van der Waals surface area contributed by atoms with Crippen LogP contribution in [0.3, 0.4) is 0 Å². The number of carbonyl (C=O) groups excluding carboxylic acids is 2. The van der Waals surface area contributed by atoms with Crippen LogP contribution in [0.2, 0.25) is 0 Å². The number of hydrogen-bond donors (Lipinski definition) is 0. The number of benzene rings is 2. The highest BCUT2D eigenvalue weighted by molar-refractivity contribution is 6.00. The lowest BCUT2D eigenvalue weighted by atomic mass is 9.97. The number of hydrogen-bond acceptors (Lipinski definition) is 6. The van der Waals surface area contributed by atoms with Crippen LogP contribution < -0.4 is 4.90 Å². The van der Waals surface area contributed by atoms with Crippen LogP contribution in [0.5, 0.6) is 0 Å². The molecule has 2 aromatic carbocycles. The molecule has 0 radical (unpaired) electrons. The molecule has 0 aliphatic carbocycles. The fourth-order valence-corrected chi connectivity index (χ4v) is 4.08. The van der Waals surface area contributed by atoms with Gasteiger partial charge >= 0.3 is 5.97 Å². The topological polar surface area (TPSA) is 75.6 Å². The van der Waals surface area contributed by atoms with Crippen LogP contribution in [0.15, 0.2) is 60.8 Å². The van der Waals surface area contributed by atoms with E-state index in [2.05, 4.69) is 4.98 Å². The highest BCUT2D eigenvalue weighted by Crippen LogP contribution is 2.29. The van der Waals surface area contributed by atoms with Gasteiger partial charge in [0.15, 0.2) is 5.82 Å². The van der Waals surface area contributed by atoms with Gasteiger partial charge in [-0.2, -0.15) is 0 Å². The van der Waals surface area contributed by atoms with Crippen molar-refractivity contribution in [2.45, 2.75) is 19.8 Å². The van der Waals surface area contributed by atoms with E-state index in [-0.39, 0.29) is 23.6 Å². The summed E-state index contributed by atoms with van der Waals surface area (Å²) < 4.78 is 18.6. The van der Waals surface area contributed by atoms with E-state index in [0.717, 1.165) is 5.69 Å². The van der Waals surface area contributed by atoms with Gasteiger partial charge in [-0.3, -0.25) is 9.59 Å². The third-order valence-corrected chi connectivity index (χ3v) is 5.89. The average Bonchev–Trinajstić information content (AvgIpc) is 2.88. The van der Waals surface area contributed by atoms with Crippen LogP contribution in [0.25, 0.3) is 11.4 Å².